The van der Waals surface area contributed by atoms with Crippen LogP contribution >= 0.6 is 27.3 Å². The molecule has 2 aromatic carbocycles. The number of thiophene rings is 1. The molecule has 0 fully saturated rings. The van der Waals surface area contributed by atoms with E-state index in [9.17, 15) is 0 Å². The predicted octanol–water partition coefficient (Wildman–Crippen LogP) is 4.72. The van der Waals surface area contributed by atoms with Crippen molar-refractivity contribution in [3.8, 4) is 0 Å². The Morgan fingerprint density at radius 1 is 1.19 bits per heavy atom. The summed E-state index contributed by atoms with van der Waals surface area (Å²) in [7, 11) is 0. The van der Waals surface area contributed by atoms with Crippen molar-refractivity contribution in [2.75, 3.05) is 0 Å². The lowest BCUT2D eigenvalue weighted by molar-refractivity contribution is 0.562. The molecule has 0 bridgehead atoms. The standard InChI is InChI=1S/C17H17BrN2S/c1-11-9-16(21-17(11)18)15(20-19)10-13-7-4-6-12-5-2-3-8-14(12)13/h2-9,15,20H,10,19H2,1H3. The molecule has 0 aliphatic carbocycles. The average Bonchev–Trinajstić information content (AvgIpc) is 2.84. The zero-order chi connectivity index (χ0) is 14.8. The van der Waals surface area contributed by atoms with Gasteiger partial charge < -0.3 is 0 Å². The highest BCUT2D eigenvalue weighted by Gasteiger charge is 2.15. The van der Waals surface area contributed by atoms with Crippen LogP contribution in [0.3, 0.4) is 0 Å². The van der Waals surface area contributed by atoms with Crippen LogP contribution in [0.1, 0.15) is 22.0 Å². The van der Waals surface area contributed by atoms with E-state index in [1.54, 1.807) is 11.3 Å². The summed E-state index contributed by atoms with van der Waals surface area (Å²) in [6, 6.07) is 17.3. The third-order valence-corrected chi connectivity index (χ3v) is 5.98. The maximum absolute atomic E-state index is 5.80. The first kappa shape index (κ1) is 14.7. The normalized spacial score (nSPS) is 12.7. The van der Waals surface area contributed by atoms with E-state index in [1.165, 1.54) is 30.6 Å². The van der Waals surface area contributed by atoms with Crippen molar-refractivity contribution in [1.82, 2.24) is 5.43 Å². The first-order chi connectivity index (χ1) is 10.2. The highest BCUT2D eigenvalue weighted by atomic mass is 79.9. The highest BCUT2D eigenvalue weighted by Crippen LogP contribution is 2.33. The first-order valence-corrected chi connectivity index (χ1v) is 8.48. The van der Waals surface area contributed by atoms with Crippen LogP contribution in [-0.2, 0) is 6.42 Å². The highest BCUT2D eigenvalue weighted by molar-refractivity contribution is 9.11. The van der Waals surface area contributed by atoms with Crippen LogP contribution in [-0.4, -0.2) is 0 Å². The summed E-state index contributed by atoms with van der Waals surface area (Å²) >= 11 is 5.33. The van der Waals surface area contributed by atoms with Gasteiger partial charge in [-0.25, -0.2) is 0 Å². The minimum atomic E-state index is 0.130. The van der Waals surface area contributed by atoms with Crippen molar-refractivity contribution in [2.24, 2.45) is 5.84 Å². The van der Waals surface area contributed by atoms with Crippen LogP contribution in [0, 0.1) is 6.92 Å². The molecule has 3 N–H and O–H groups in total. The van der Waals surface area contributed by atoms with Gasteiger partial charge in [0.25, 0.3) is 0 Å². The number of halogens is 1. The second-order valence-electron chi connectivity index (χ2n) is 5.17. The summed E-state index contributed by atoms with van der Waals surface area (Å²) < 4.78 is 1.18. The van der Waals surface area contributed by atoms with Gasteiger partial charge in [0, 0.05) is 4.88 Å². The molecular formula is C17H17BrN2S. The maximum Gasteiger partial charge on any atom is 0.0731 e. The van der Waals surface area contributed by atoms with Crippen LogP contribution in [0.5, 0.6) is 0 Å². The Kier molecular flexibility index (Phi) is 4.40. The van der Waals surface area contributed by atoms with Crippen LogP contribution in [0.2, 0.25) is 0 Å². The van der Waals surface area contributed by atoms with Gasteiger partial charge in [-0.2, -0.15) is 0 Å². The van der Waals surface area contributed by atoms with E-state index < -0.39 is 0 Å². The lowest BCUT2D eigenvalue weighted by Crippen LogP contribution is -2.29. The summed E-state index contributed by atoms with van der Waals surface area (Å²) in [4.78, 5) is 1.26. The molecule has 2 nitrogen and oxygen atoms in total. The van der Waals surface area contributed by atoms with Crippen molar-refractivity contribution in [2.45, 2.75) is 19.4 Å². The Balaban J connectivity index is 1.96. The molecule has 0 amide bonds. The molecule has 1 atom stereocenters. The van der Waals surface area contributed by atoms with E-state index in [0.29, 0.717) is 0 Å². The number of rotatable bonds is 4. The number of nitrogens with two attached hydrogens (primary N) is 1. The molecule has 1 heterocycles. The number of aryl methyl sites for hydroxylation is 1. The van der Waals surface area contributed by atoms with Crippen molar-refractivity contribution < 1.29 is 0 Å². The van der Waals surface area contributed by atoms with Gasteiger partial charge in [0.2, 0.25) is 0 Å². The third kappa shape index (κ3) is 3.04. The topological polar surface area (TPSA) is 38.0 Å². The number of hydrogen-bond acceptors (Lipinski definition) is 3. The molecule has 0 aliphatic heterocycles. The molecule has 1 aromatic heterocycles. The van der Waals surface area contributed by atoms with Crippen LogP contribution in [0.25, 0.3) is 10.8 Å². The van der Waals surface area contributed by atoms with Crippen molar-refractivity contribution in [1.29, 1.82) is 0 Å². The molecule has 4 heteroatoms. The molecule has 0 aliphatic rings. The Morgan fingerprint density at radius 3 is 2.67 bits per heavy atom. The summed E-state index contributed by atoms with van der Waals surface area (Å²) in [6.07, 6.45) is 0.879. The lowest BCUT2D eigenvalue weighted by atomic mass is 9.98. The third-order valence-electron chi connectivity index (χ3n) is 3.72. The van der Waals surface area contributed by atoms with E-state index in [0.717, 1.165) is 6.42 Å². The Hall–Kier alpha value is -1.20. The largest absolute Gasteiger partial charge is 0.271 e. The summed E-state index contributed by atoms with van der Waals surface area (Å²) in [6.45, 7) is 2.11. The van der Waals surface area contributed by atoms with Gasteiger partial charge in [-0.3, -0.25) is 11.3 Å². The molecule has 0 radical (unpaired) electrons. The Bertz CT molecular complexity index is 742. The molecule has 1 unspecified atom stereocenters. The van der Waals surface area contributed by atoms with Crippen LogP contribution < -0.4 is 11.3 Å². The quantitative estimate of drug-likeness (QED) is 0.521. The van der Waals surface area contributed by atoms with Gasteiger partial charge in [0.05, 0.1) is 9.83 Å². The van der Waals surface area contributed by atoms with Crippen LogP contribution in [0.4, 0.5) is 0 Å². The predicted molar refractivity (Wildman–Crippen MR) is 94.5 cm³/mol. The molecule has 3 aromatic rings. The summed E-state index contributed by atoms with van der Waals surface area (Å²) in [5, 5.41) is 2.57. The molecular weight excluding hydrogens is 344 g/mol. The molecule has 0 saturated heterocycles. The van der Waals surface area contributed by atoms with Crippen LogP contribution in [0.15, 0.2) is 52.3 Å². The molecule has 108 valence electrons. The van der Waals surface area contributed by atoms with Crippen molar-refractivity contribution in [3.05, 3.63) is 68.3 Å². The fraction of sp³-hybridized carbons (Fsp3) is 0.176. The summed E-state index contributed by atoms with van der Waals surface area (Å²) in [5.74, 6) is 5.80. The second kappa shape index (κ2) is 6.28. The van der Waals surface area contributed by atoms with Gasteiger partial charge in [-0.1, -0.05) is 42.5 Å². The van der Waals surface area contributed by atoms with E-state index in [-0.39, 0.29) is 6.04 Å². The summed E-state index contributed by atoms with van der Waals surface area (Å²) in [5.41, 5.74) is 5.54. The molecule has 3 rings (SSSR count). The van der Waals surface area contributed by atoms with Gasteiger partial charge >= 0.3 is 0 Å². The number of benzene rings is 2. The van der Waals surface area contributed by atoms with E-state index in [1.807, 2.05) is 0 Å². The lowest BCUT2D eigenvalue weighted by Gasteiger charge is -2.15. The molecule has 0 saturated carbocycles. The number of fused-ring (bicyclic) bond motifs is 1. The monoisotopic (exact) mass is 360 g/mol. The first-order valence-electron chi connectivity index (χ1n) is 6.87. The SMILES string of the molecule is Cc1cc(C(Cc2cccc3ccccc23)NN)sc1Br. The maximum atomic E-state index is 5.80. The zero-order valence-electron chi connectivity index (χ0n) is 11.8. The van der Waals surface area contributed by atoms with Gasteiger partial charge in [0.1, 0.15) is 0 Å². The smallest absolute Gasteiger partial charge is 0.0731 e. The number of hydrazine groups is 1. The fourth-order valence-corrected chi connectivity index (χ4v) is 4.22. The number of hydrogen-bond donors (Lipinski definition) is 2. The minimum absolute atomic E-state index is 0.130. The van der Waals surface area contributed by atoms with Crippen molar-refractivity contribution in [3.63, 3.8) is 0 Å². The van der Waals surface area contributed by atoms with E-state index in [4.69, 9.17) is 5.84 Å². The molecule has 0 spiro atoms. The Labute approximate surface area is 137 Å². The second-order valence-corrected chi connectivity index (χ2v) is 7.57. The van der Waals surface area contributed by atoms with Gasteiger partial charge in [-0.05, 0) is 57.2 Å². The fourth-order valence-electron chi connectivity index (χ4n) is 2.59. The van der Waals surface area contributed by atoms with E-state index in [2.05, 4.69) is 76.8 Å². The van der Waals surface area contributed by atoms with Gasteiger partial charge in [0.15, 0.2) is 0 Å². The van der Waals surface area contributed by atoms with E-state index >= 15 is 0 Å². The average molecular weight is 361 g/mol. The minimum Gasteiger partial charge on any atom is -0.271 e. The Morgan fingerprint density at radius 2 is 1.95 bits per heavy atom. The number of nitrogens with one attached hydrogen (secondary N) is 1. The van der Waals surface area contributed by atoms with Gasteiger partial charge in [-0.15, -0.1) is 11.3 Å². The molecule has 21 heavy (non-hydrogen) atoms. The zero-order valence-corrected chi connectivity index (χ0v) is 14.2. The van der Waals surface area contributed by atoms with Crippen molar-refractivity contribution >= 4 is 38.0 Å².